The molecule has 0 amide bonds. The Morgan fingerprint density at radius 1 is 1.44 bits per heavy atom. The van der Waals surface area contributed by atoms with E-state index in [4.69, 9.17) is 0 Å². The van der Waals surface area contributed by atoms with E-state index in [9.17, 15) is 5.11 Å². The molecule has 2 nitrogen and oxygen atoms in total. The molecule has 2 aliphatic carbocycles. The highest BCUT2D eigenvalue weighted by atomic mass is 16.3. The third-order valence-electron chi connectivity index (χ3n) is 5.05. The highest BCUT2D eigenvalue weighted by molar-refractivity contribution is 5.20. The lowest BCUT2D eigenvalue weighted by molar-refractivity contribution is 0.0618. The Kier molecular flexibility index (Phi) is 2.93. The molecule has 18 heavy (non-hydrogen) atoms. The van der Waals surface area contributed by atoms with Crippen LogP contribution in [0, 0.1) is 11.3 Å². The summed E-state index contributed by atoms with van der Waals surface area (Å²) in [6, 6.07) is 4.40. The van der Waals surface area contributed by atoms with Crippen LogP contribution >= 0.6 is 0 Å². The van der Waals surface area contributed by atoms with Crippen molar-refractivity contribution in [3.8, 4) is 0 Å². The van der Waals surface area contributed by atoms with Gasteiger partial charge in [0, 0.05) is 11.9 Å². The van der Waals surface area contributed by atoms with Crippen molar-refractivity contribution in [1.82, 2.24) is 4.98 Å². The standard InChI is InChI=1S/C16H23NO/c1-11(2)15-4-3-12(10-17-15)8-16-6-5-13(16)7-14(18)9-16/h3-4,10-11,13-14,18H,5-9H2,1-2H3/t13?,14-,16?/m1/s1. The number of hydrogen-bond acceptors (Lipinski definition) is 2. The molecule has 1 aromatic heterocycles. The fraction of sp³-hybridized carbons (Fsp3) is 0.688. The van der Waals surface area contributed by atoms with Crippen LogP contribution < -0.4 is 0 Å². The SMILES string of the molecule is CC(C)c1ccc(CC23CCC2C[C@@H](O)C3)cn1. The molecule has 1 heterocycles. The van der Waals surface area contributed by atoms with E-state index in [1.165, 1.54) is 24.1 Å². The van der Waals surface area contributed by atoms with Crippen molar-refractivity contribution in [2.75, 3.05) is 0 Å². The molecule has 98 valence electrons. The Hall–Kier alpha value is -0.890. The average molecular weight is 245 g/mol. The molecule has 3 atom stereocenters. The quantitative estimate of drug-likeness (QED) is 0.886. The second-order valence-electron chi connectivity index (χ2n) is 6.61. The van der Waals surface area contributed by atoms with Crippen molar-refractivity contribution in [3.63, 3.8) is 0 Å². The van der Waals surface area contributed by atoms with Crippen LogP contribution in [0.2, 0.25) is 0 Å². The normalized spacial score (nSPS) is 34.4. The predicted molar refractivity (Wildman–Crippen MR) is 72.4 cm³/mol. The van der Waals surface area contributed by atoms with E-state index in [0.29, 0.717) is 11.3 Å². The monoisotopic (exact) mass is 245 g/mol. The lowest BCUT2D eigenvalue weighted by Gasteiger charge is -2.45. The Morgan fingerprint density at radius 2 is 2.28 bits per heavy atom. The van der Waals surface area contributed by atoms with E-state index in [-0.39, 0.29) is 6.10 Å². The molecule has 2 saturated carbocycles. The summed E-state index contributed by atoms with van der Waals surface area (Å²) in [6.07, 6.45) is 7.74. The van der Waals surface area contributed by atoms with Crippen LogP contribution in [-0.4, -0.2) is 16.2 Å². The zero-order valence-corrected chi connectivity index (χ0v) is 11.4. The molecule has 0 radical (unpaired) electrons. The van der Waals surface area contributed by atoms with Gasteiger partial charge < -0.3 is 5.11 Å². The van der Waals surface area contributed by atoms with Crippen molar-refractivity contribution in [1.29, 1.82) is 0 Å². The number of hydrogen-bond donors (Lipinski definition) is 1. The van der Waals surface area contributed by atoms with Gasteiger partial charge in [-0.25, -0.2) is 0 Å². The summed E-state index contributed by atoms with van der Waals surface area (Å²) in [4.78, 5) is 4.56. The third kappa shape index (κ3) is 1.97. The predicted octanol–water partition coefficient (Wildman–Crippen LogP) is 3.30. The van der Waals surface area contributed by atoms with Gasteiger partial charge in [0.25, 0.3) is 0 Å². The summed E-state index contributed by atoms with van der Waals surface area (Å²) >= 11 is 0. The van der Waals surface area contributed by atoms with Gasteiger partial charge in [0.05, 0.1) is 6.10 Å². The molecule has 0 aromatic carbocycles. The van der Waals surface area contributed by atoms with E-state index in [0.717, 1.165) is 25.2 Å². The Bertz CT molecular complexity index is 425. The maximum atomic E-state index is 9.85. The van der Waals surface area contributed by atoms with E-state index in [1.807, 2.05) is 6.20 Å². The topological polar surface area (TPSA) is 33.1 Å². The lowest BCUT2D eigenvalue weighted by atomic mass is 9.59. The molecule has 0 saturated heterocycles. The fourth-order valence-corrected chi connectivity index (χ4v) is 3.87. The van der Waals surface area contributed by atoms with Gasteiger partial charge in [-0.15, -0.1) is 0 Å². The number of pyridine rings is 1. The number of aliphatic hydroxyl groups excluding tert-OH is 1. The molecule has 0 spiro atoms. The van der Waals surface area contributed by atoms with Crippen LogP contribution in [0.15, 0.2) is 18.3 Å². The first-order valence-corrected chi connectivity index (χ1v) is 7.22. The van der Waals surface area contributed by atoms with Crippen LogP contribution in [0.3, 0.4) is 0 Å². The van der Waals surface area contributed by atoms with Crippen LogP contribution in [0.5, 0.6) is 0 Å². The van der Waals surface area contributed by atoms with Gasteiger partial charge in [0.1, 0.15) is 0 Å². The lowest BCUT2D eigenvalue weighted by Crippen LogP contribution is -2.37. The molecule has 1 aromatic rings. The largest absolute Gasteiger partial charge is 0.393 e. The molecule has 3 rings (SSSR count). The van der Waals surface area contributed by atoms with Crippen molar-refractivity contribution >= 4 is 0 Å². The number of fused-ring (bicyclic) bond motifs is 1. The van der Waals surface area contributed by atoms with Gasteiger partial charge >= 0.3 is 0 Å². The van der Waals surface area contributed by atoms with Crippen LogP contribution in [0.25, 0.3) is 0 Å². The molecule has 1 N–H and O–H groups in total. The fourth-order valence-electron chi connectivity index (χ4n) is 3.87. The zero-order chi connectivity index (χ0) is 12.8. The maximum Gasteiger partial charge on any atom is 0.0548 e. The van der Waals surface area contributed by atoms with E-state index in [1.54, 1.807) is 0 Å². The summed E-state index contributed by atoms with van der Waals surface area (Å²) in [6.45, 7) is 4.35. The molecule has 2 heteroatoms. The molecule has 2 fully saturated rings. The first kappa shape index (κ1) is 12.2. The van der Waals surface area contributed by atoms with Crippen molar-refractivity contribution < 1.29 is 5.11 Å². The second kappa shape index (κ2) is 4.34. The summed E-state index contributed by atoms with van der Waals surface area (Å²) < 4.78 is 0. The van der Waals surface area contributed by atoms with Gasteiger partial charge in [-0.1, -0.05) is 19.9 Å². The molecule has 0 aliphatic heterocycles. The van der Waals surface area contributed by atoms with Gasteiger partial charge in [0.2, 0.25) is 0 Å². The van der Waals surface area contributed by atoms with E-state index < -0.39 is 0 Å². The summed E-state index contributed by atoms with van der Waals surface area (Å²) in [5.41, 5.74) is 2.92. The Morgan fingerprint density at radius 3 is 2.78 bits per heavy atom. The van der Waals surface area contributed by atoms with Crippen molar-refractivity contribution in [2.45, 2.75) is 58.0 Å². The number of aromatic nitrogens is 1. The highest BCUT2D eigenvalue weighted by Gasteiger charge is 2.52. The van der Waals surface area contributed by atoms with E-state index >= 15 is 0 Å². The summed E-state index contributed by atoms with van der Waals surface area (Å²) in [5, 5.41) is 9.85. The van der Waals surface area contributed by atoms with Crippen molar-refractivity contribution in [3.05, 3.63) is 29.6 Å². The number of rotatable bonds is 3. The Labute approximate surface area is 109 Å². The molecule has 2 aliphatic rings. The molecule has 2 unspecified atom stereocenters. The van der Waals surface area contributed by atoms with Crippen LogP contribution in [-0.2, 0) is 6.42 Å². The van der Waals surface area contributed by atoms with Crippen molar-refractivity contribution in [2.24, 2.45) is 11.3 Å². The van der Waals surface area contributed by atoms with Crippen LogP contribution in [0.1, 0.15) is 56.7 Å². The second-order valence-corrected chi connectivity index (χ2v) is 6.61. The smallest absolute Gasteiger partial charge is 0.0548 e. The average Bonchev–Trinajstić information content (AvgIpc) is 2.54. The summed E-state index contributed by atoms with van der Waals surface area (Å²) in [7, 11) is 0. The third-order valence-corrected chi connectivity index (χ3v) is 5.05. The molecular weight excluding hydrogens is 222 g/mol. The summed E-state index contributed by atoms with van der Waals surface area (Å²) in [5.74, 6) is 1.26. The van der Waals surface area contributed by atoms with E-state index in [2.05, 4.69) is 31.0 Å². The maximum absolute atomic E-state index is 9.85. The minimum atomic E-state index is -0.0552. The van der Waals surface area contributed by atoms with Crippen LogP contribution in [0.4, 0.5) is 0 Å². The minimum Gasteiger partial charge on any atom is -0.393 e. The minimum absolute atomic E-state index is 0.0552. The number of nitrogens with zero attached hydrogens (tertiary/aromatic N) is 1. The van der Waals surface area contributed by atoms with Gasteiger partial charge in [-0.05, 0) is 61.0 Å². The van der Waals surface area contributed by atoms with Gasteiger partial charge in [-0.2, -0.15) is 0 Å². The number of aliphatic hydroxyl groups is 1. The first-order chi connectivity index (χ1) is 8.59. The highest BCUT2D eigenvalue weighted by Crippen LogP contribution is 2.59. The molecule has 0 bridgehead atoms. The Balaban J connectivity index is 1.73. The first-order valence-electron chi connectivity index (χ1n) is 7.22. The van der Waals surface area contributed by atoms with Gasteiger partial charge in [0.15, 0.2) is 0 Å². The molecular formula is C16H23NO. The zero-order valence-electron chi connectivity index (χ0n) is 11.4. The van der Waals surface area contributed by atoms with Gasteiger partial charge in [-0.3, -0.25) is 4.98 Å².